The molecule has 3 rings (SSSR count). The molecule has 106 valence electrons. The van der Waals surface area contributed by atoms with Crippen molar-refractivity contribution in [2.45, 2.75) is 17.6 Å². The molecular weight excluding hydrogens is 348 g/mol. The standard InChI is InChI=1S/C15H13BrN4S/c1-11-8-15(6-7-17-11)21-10-13-9-20(19-18-13)14-4-2-12(16)3-5-14/h2-9H,10H2,1H3. The number of rotatable bonds is 4. The predicted molar refractivity (Wildman–Crippen MR) is 87.6 cm³/mol. The SMILES string of the molecule is Cc1cc(SCc2cn(-c3ccc(Br)cc3)nn2)ccn1. The topological polar surface area (TPSA) is 43.6 Å². The molecule has 0 unspecified atom stereocenters. The fourth-order valence-electron chi connectivity index (χ4n) is 1.85. The van der Waals surface area contributed by atoms with Crippen LogP contribution >= 0.6 is 27.7 Å². The molecule has 6 heteroatoms. The Kier molecular flexibility index (Phi) is 4.36. The van der Waals surface area contributed by atoms with Gasteiger partial charge in [-0.15, -0.1) is 16.9 Å². The summed E-state index contributed by atoms with van der Waals surface area (Å²) in [4.78, 5) is 5.39. The predicted octanol–water partition coefficient (Wildman–Crippen LogP) is 4.03. The van der Waals surface area contributed by atoms with Crippen LogP contribution in [0.25, 0.3) is 5.69 Å². The van der Waals surface area contributed by atoms with Crippen LogP contribution in [0.1, 0.15) is 11.4 Å². The summed E-state index contributed by atoms with van der Waals surface area (Å²) in [6.07, 6.45) is 3.79. The van der Waals surface area contributed by atoms with Gasteiger partial charge in [-0.05, 0) is 43.3 Å². The normalized spacial score (nSPS) is 10.8. The first-order chi connectivity index (χ1) is 10.2. The van der Waals surface area contributed by atoms with E-state index in [2.05, 4.69) is 37.3 Å². The van der Waals surface area contributed by atoms with E-state index in [1.54, 1.807) is 16.4 Å². The highest BCUT2D eigenvalue weighted by Gasteiger charge is 2.04. The van der Waals surface area contributed by atoms with Gasteiger partial charge in [0.1, 0.15) is 0 Å². The van der Waals surface area contributed by atoms with Crippen molar-refractivity contribution < 1.29 is 0 Å². The molecule has 2 heterocycles. The van der Waals surface area contributed by atoms with Crippen LogP contribution in [0.2, 0.25) is 0 Å². The molecule has 0 saturated carbocycles. The summed E-state index contributed by atoms with van der Waals surface area (Å²) in [6, 6.07) is 12.1. The Labute approximate surface area is 135 Å². The minimum absolute atomic E-state index is 0.792. The number of halogens is 1. The van der Waals surface area contributed by atoms with Crippen LogP contribution < -0.4 is 0 Å². The van der Waals surface area contributed by atoms with E-state index in [4.69, 9.17) is 0 Å². The summed E-state index contributed by atoms with van der Waals surface area (Å²) in [6.45, 7) is 1.99. The quantitative estimate of drug-likeness (QED) is 0.659. The first-order valence-electron chi connectivity index (χ1n) is 6.43. The van der Waals surface area contributed by atoms with E-state index in [1.165, 1.54) is 4.90 Å². The summed E-state index contributed by atoms with van der Waals surface area (Å²) in [5, 5.41) is 8.39. The Balaban J connectivity index is 1.69. The second kappa shape index (κ2) is 6.41. The number of pyridine rings is 1. The lowest BCUT2D eigenvalue weighted by Gasteiger charge is -2.00. The van der Waals surface area contributed by atoms with Gasteiger partial charge < -0.3 is 0 Å². The molecular formula is C15H13BrN4S. The Hall–Kier alpha value is -1.66. The van der Waals surface area contributed by atoms with E-state index in [9.17, 15) is 0 Å². The maximum atomic E-state index is 4.22. The minimum atomic E-state index is 0.792. The summed E-state index contributed by atoms with van der Waals surface area (Å²) < 4.78 is 2.84. The molecule has 0 bridgehead atoms. The molecule has 21 heavy (non-hydrogen) atoms. The third kappa shape index (κ3) is 3.71. The highest BCUT2D eigenvalue weighted by molar-refractivity contribution is 9.10. The van der Waals surface area contributed by atoms with Crippen molar-refractivity contribution in [1.82, 2.24) is 20.0 Å². The highest BCUT2D eigenvalue weighted by atomic mass is 79.9. The zero-order chi connectivity index (χ0) is 14.7. The minimum Gasteiger partial charge on any atom is -0.262 e. The Morgan fingerprint density at radius 2 is 2.00 bits per heavy atom. The first kappa shape index (κ1) is 14.3. The van der Waals surface area contributed by atoms with Crippen molar-refractivity contribution in [3.8, 4) is 5.69 Å². The second-order valence-corrected chi connectivity index (χ2v) is 6.52. The molecule has 0 atom stereocenters. The van der Waals surface area contributed by atoms with Crippen LogP contribution in [0.3, 0.4) is 0 Å². The van der Waals surface area contributed by atoms with Crippen molar-refractivity contribution in [2.24, 2.45) is 0 Å². The summed E-state index contributed by atoms with van der Waals surface area (Å²) in [5.41, 5.74) is 2.98. The van der Waals surface area contributed by atoms with Crippen molar-refractivity contribution in [3.63, 3.8) is 0 Å². The van der Waals surface area contributed by atoms with E-state index in [-0.39, 0.29) is 0 Å². The van der Waals surface area contributed by atoms with Crippen LogP contribution in [-0.4, -0.2) is 20.0 Å². The van der Waals surface area contributed by atoms with Gasteiger partial charge >= 0.3 is 0 Å². The Morgan fingerprint density at radius 1 is 1.19 bits per heavy atom. The van der Waals surface area contributed by atoms with Gasteiger partial charge in [-0.25, -0.2) is 4.68 Å². The molecule has 4 nitrogen and oxygen atoms in total. The van der Waals surface area contributed by atoms with Crippen molar-refractivity contribution in [1.29, 1.82) is 0 Å². The average Bonchev–Trinajstić information content (AvgIpc) is 2.95. The molecule has 0 saturated heterocycles. The smallest absolute Gasteiger partial charge is 0.0934 e. The molecule has 0 fully saturated rings. The lowest BCUT2D eigenvalue weighted by molar-refractivity contribution is 0.800. The zero-order valence-corrected chi connectivity index (χ0v) is 13.8. The van der Waals surface area contributed by atoms with E-state index < -0.39 is 0 Å². The molecule has 0 aliphatic heterocycles. The number of nitrogens with zero attached hydrogens (tertiary/aromatic N) is 4. The van der Waals surface area contributed by atoms with E-state index in [0.717, 1.165) is 27.3 Å². The van der Waals surface area contributed by atoms with Gasteiger partial charge in [0, 0.05) is 27.0 Å². The Bertz CT molecular complexity index is 739. The maximum Gasteiger partial charge on any atom is 0.0934 e. The average molecular weight is 361 g/mol. The van der Waals surface area contributed by atoms with Gasteiger partial charge in [0.25, 0.3) is 0 Å². The van der Waals surface area contributed by atoms with E-state index in [1.807, 2.05) is 49.6 Å². The molecule has 0 N–H and O–H groups in total. The molecule has 0 amide bonds. The van der Waals surface area contributed by atoms with E-state index >= 15 is 0 Å². The summed E-state index contributed by atoms with van der Waals surface area (Å²) in [5.74, 6) is 0.792. The van der Waals surface area contributed by atoms with Crippen LogP contribution in [0, 0.1) is 6.92 Å². The number of aromatic nitrogens is 4. The van der Waals surface area contributed by atoms with Gasteiger partial charge in [-0.2, -0.15) is 0 Å². The number of hydrogen-bond donors (Lipinski definition) is 0. The highest BCUT2D eigenvalue weighted by Crippen LogP contribution is 2.22. The molecule has 0 radical (unpaired) electrons. The van der Waals surface area contributed by atoms with Gasteiger partial charge in [-0.3, -0.25) is 4.98 Å². The summed E-state index contributed by atoms with van der Waals surface area (Å²) >= 11 is 5.16. The largest absolute Gasteiger partial charge is 0.262 e. The second-order valence-electron chi connectivity index (χ2n) is 4.55. The van der Waals surface area contributed by atoms with Crippen LogP contribution in [0.15, 0.2) is 58.2 Å². The number of hydrogen-bond acceptors (Lipinski definition) is 4. The van der Waals surface area contributed by atoms with Crippen LogP contribution in [0.4, 0.5) is 0 Å². The summed E-state index contributed by atoms with van der Waals surface area (Å²) in [7, 11) is 0. The van der Waals surface area contributed by atoms with Crippen molar-refractivity contribution in [2.75, 3.05) is 0 Å². The fourth-order valence-corrected chi connectivity index (χ4v) is 2.97. The van der Waals surface area contributed by atoms with Gasteiger partial charge in [0.15, 0.2) is 0 Å². The lowest BCUT2D eigenvalue weighted by atomic mass is 10.3. The fraction of sp³-hybridized carbons (Fsp3) is 0.133. The molecule has 1 aromatic carbocycles. The third-order valence-electron chi connectivity index (χ3n) is 2.89. The lowest BCUT2D eigenvalue weighted by Crippen LogP contribution is -1.93. The van der Waals surface area contributed by atoms with Crippen molar-refractivity contribution >= 4 is 27.7 Å². The van der Waals surface area contributed by atoms with Crippen LogP contribution in [0.5, 0.6) is 0 Å². The van der Waals surface area contributed by atoms with Gasteiger partial charge in [0.05, 0.1) is 17.6 Å². The van der Waals surface area contributed by atoms with Gasteiger partial charge in [-0.1, -0.05) is 21.1 Å². The number of thioether (sulfide) groups is 1. The van der Waals surface area contributed by atoms with Crippen molar-refractivity contribution in [3.05, 3.63) is 64.7 Å². The number of aryl methyl sites for hydroxylation is 1. The van der Waals surface area contributed by atoms with Crippen LogP contribution in [-0.2, 0) is 5.75 Å². The molecule has 0 aliphatic rings. The number of benzene rings is 1. The molecule has 0 spiro atoms. The third-order valence-corrected chi connectivity index (χ3v) is 4.44. The first-order valence-corrected chi connectivity index (χ1v) is 8.21. The molecule has 2 aromatic heterocycles. The monoisotopic (exact) mass is 360 g/mol. The van der Waals surface area contributed by atoms with E-state index in [0.29, 0.717) is 0 Å². The molecule has 0 aliphatic carbocycles. The maximum absolute atomic E-state index is 4.22. The zero-order valence-electron chi connectivity index (χ0n) is 11.4. The molecule has 3 aromatic rings. The van der Waals surface area contributed by atoms with Gasteiger partial charge in [0.2, 0.25) is 0 Å². The Morgan fingerprint density at radius 3 is 2.76 bits per heavy atom.